The van der Waals surface area contributed by atoms with Gasteiger partial charge in [-0.2, -0.15) is 0 Å². The van der Waals surface area contributed by atoms with Crippen molar-refractivity contribution >= 4 is 17.5 Å². The standard InChI is InChI=1S/C21H20FN5O2/c1-27-16-10-6-5-9-14(16)12-15(22)18(21(27)29)24-20(28)19-23-17(25-26-19)11-13-7-3-2-4-8-13/h2-10,15,18H,11-12H2,1H3,(H,24,28)(H,23,25,26)/t15-,18-/m0/s1. The van der Waals surface area contributed by atoms with Gasteiger partial charge in [0.15, 0.2) is 0 Å². The fourth-order valence-electron chi connectivity index (χ4n) is 3.45. The predicted molar refractivity (Wildman–Crippen MR) is 105 cm³/mol. The maximum atomic E-state index is 14.9. The Labute approximate surface area is 167 Å². The Morgan fingerprint density at radius 3 is 2.69 bits per heavy atom. The fourth-order valence-corrected chi connectivity index (χ4v) is 3.45. The summed E-state index contributed by atoms with van der Waals surface area (Å²) in [5.41, 5.74) is 2.37. The van der Waals surface area contributed by atoms with Crippen LogP contribution in [0.25, 0.3) is 0 Å². The molecule has 0 saturated carbocycles. The lowest BCUT2D eigenvalue weighted by atomic mass is 10.0. The maximum absolute atomic E-state index is 14.9. The molecule has 0 unspecified atom stereocenters. The SMILES string of the molecule is CN1C(=O)[C@@H](NC(=O)c2nnc(Cc3ccccc3)[nH]2)[C@@H](F)Cc2ccccc21. The number of carbonyl (C=O) groups is 2. The van der Waals surface area contributed by atoms with Gasteiger partial charge in [-0.05, 0) is 17.2 Å². The molecular weight excluding hydrogens is 373 g/mol. The molecule has 0 aliphatic carbocycles. The number of amides is 2. The second kappa shape index (κ2) is 7.83. The summed E-state index contributed by atoms with van der Waals surface area (Å²) >= 11 is 0. The van der Waals surface area contributed by atoms with Crippen LogP contribution in [0.4, 0.5) is 10.1 Å². The number of aromatic amines is 1. The van der Waals surface area contributed by atoms with Crippen molar-refractivity contribution in [2.24, 2.45) is 0 Å². The number of nitrogens with one attached hydrogen (secondary N) is 2. The number of hydrogen-bond acceptors (Lipinski definition) is 4. The Balaban J connectivity index is 1.49. The van der Waals surface area contributed by atoms with E-state index in [2.05, 4.69) is 20.5 Å². The molecule has 0 bridgehead atoms. The largest absolute Gasteiger partial charge is 0.335 e. The number of carbonyl (C=O) groups excluding carboxylic acids is 2. The first kappa shape index (κ1) is 18.8. The van der Waals surface area contributed by atoms with Gasteiger partial charge in [0.05, 0.1) is 0 Å². The second-order valence-electron chi connectivity index (χ2n) is 6.98. The molecule has 1 aliphatic rings. The highest BCUT2D eigenvalue weighted by atomic mass is 19.1. The zero-order valence-corrected chi connectivity index (χ0v) is 15.8. The lowest BCUT2D eigenvalue weighted by Gasteiger charge is -2.22. The molecule has 29 heavy (non-hydrogen) atoms. The zero-order valence-electron chi connectivity index (χ0n) is 15.8. The molecule has 1 aromatic heterocycles. The molecule has 2 aromatic carbocycles. The normalized spacial score (nSPS) is 18.8. The number of nitrogens with zero attached hydrogens (tertiary/aromatic N) is 3. The number of H-pyrrole nitrogens is 1. The quantitative estimate of drug-likeness (QED) is 0.710. The van der Waals surface area contributed by atoms with Crippen molar-refractivity contribution in [2.45, 2.75) is 25.1 Å². The molecule has 2 atom stereocenters. The monoisotopic (exact) mass is 393 g/mol. The van der Waals surface area contributed by atoms with Crippen molar-refractivity contribution in [1.29, 1.82) is 0 Å². The number of rotatable bonds is 4. The van der Waals surface area contributed by atoms with E-state index >= 15 is 0 Å². The molecular formula is C21H20FN5O2. The molecule has 7 nitrogen and oxygen atoms in total. The summed E-state index contributed by atoms with van der Waals surface area (Å²) in [6.45, 7) is 0. The number of alkyl halides is 1. The van der Waals surface area contributed by atoms with Crippen LogP contribution in [0.1, 0.15) is 27.6 Å². The van der Waals surface area contributed by atoms with Gasteiger partial charge in [-0.3, -0.25) is 9.59 Å². The van der Waals surface area contributed by atoms with Gasteiger partial charge in [-0.1, -0.05) is 48.5 Å². The highest BCUT2D eigenvalue weighted by molar-refractivity contribution is 6.02. The van der Waals surface area contributed by atoms with E-state index in [0.29, 0.717) is 17.9 Å². The maximum Gasteiger partial charge on any atom is 0.289 e. The number of halogens is 1. The minimum absolute atomic E-state index is 0.0346. The van der Waals surface area contributed by atoms with Crippen molar-refractivity contribution in [2.75, 3.05) is 11.9 Å². The van der Waals surface area contributed by atoms with Crippen molar-refractivity contribution < 1.29 is 14.0 Å². The van der Waals surface area contributed by atoms with Gasteiger partial charge in [0.1, 0.15) is 18.0 Å². The minimum atomic E-state index is -1.55. The molecule has 1 aliphatic heterocycles. The van der Waals surface area contributed by atoms with Crippen molar-refractivity contribution in [1.82, 2.24) is 20.5 Å². The average Bonchev–Trinajstić information content (AvgIpc) is 3.17. The van der Waals surface area contributed by atoms with E-state index in [4.69, 9.17) is 0 Å². The highest BCUT2D eigenvalue weighted by Crippen LogP contribution is 2.27. The van der Waals surface area contributed by atoms with Crippen LogP contribution in [0.5, 0.6) is 0 Å². The third-order valence-corrected chi connectivity index (χ3v) is 4.98. The first-order valence-corrected chi connectivity index (χ1v) is 9.29. The lowest BCUT2D eigenvalue weighted by Crippen LogP contribution is -2.52. The van der Waals surface area contributed by atoms with Crippen LogP contribution in [-0.2, 0) is 17.6 Å². The van der Waals surface area contributed by atoms with Crippen molar-refractivity contribution in [3.05, 3.63) is 77.4 Å². The van der Waals surface area contributed by atoms with E-state index < -0.39 is 24.0 Å². The Bertz CT molecular complexity index is 1040. The molecule has 4 rings (SSSR count). The predicted octanol–water partition coefficient (Wildman–Crippen LogP) is 2.05. The topological polar surface area (TPSA) is 91.0 Å². The number of aromatic nitrogens is 3. The van der Waals surface area contributed by atoms with E-state index in [1.54, 1.807) is 31.3 Å². The van der Waals surface area contributed by atoms with Crippen LogP contribution in [0, 0.1) is 0 Å². The molecule has 0 saturated heterocycles. The van der Waals surface area contributed by atoms with Gasteiger partial charge < -0.3 is 15.2 Å². The summed E-state index contributed by atoms with van der Waals surface area (Å²) < 4.78 is 14.9. The first-order valence-electron chi connectivity index (χ1n) is 9.29. The van der Waals surface area contributed by atoms with E-state index in [9.17, 15) is 14.0 Å². The van der Waals surface area contributed by atoms with Crippen LogP contribution in [-0.4, -0.2) is 46.3 Å². The lowest BCUT2D eigenvalue weighted by molar-refractivity contribution is -0.121. The number of para-hydroxylation sites is 1. The molecule has 0 fully saturated rings. The molecule has 0 radical (unpaired) electrons. The number of benzene rings is 2. The Kier molecular flexibility index (Phi) is 5.07. The Hall–Kier alpha value is -3.55. The first-order chi connectivity index (χ1) is 14.0. The van der Waals surface area contributed by atoms with Crippen LogP contribution in [0.3, 0.4) is 0 Å². The fraction of sp³-hybridized carbons (Fsp3) is 0.238. The van der Waals surface area contributed by atoms with Gasteiger partial charge in [0.2, 0.25) is 5.82 Å². The summed E-state index contributed by atoms with van der Waals surface area (Å²) in [4.78, 5) is 29.6. The summed E-state index contributed by atoms with van der Waals surface area (Å²) in [5, 5.41) is 10.3. The second-order valence-corrected chi connectivity index (χ2v) is 6.98. The number of likely N-dealkylation sites (N-methyl/N-ethyl adjacent to an activating group) is 1. The van der Waals surface area contributed by atoms with E-state index in [-0.39, 0.29) is 12.2 Å². The summed E-state index contributed by atoms with van der Waals surface area (Å²) in [6.07, 6.45) is -1.04. The summed E-state index contributed by atoms with van der Waals surface area (Å²) in [5.74, 6) is -0.729. The van der Waals surface area contributed by atoms with Gasteiger partial charge in [-0.15, -0.1) is 10.2 Å². The number of fused-ring (bicyclic) bond motifs is 1. The van der Waals surface area contributed by atoms with Crippen molar-refractivity contribution in [3.63, 3.8) is 0 Å². The van der Waals surface area contributed by atoms with Gasteiger partial charge in [0.25, 0.3) is 11.8 Å². The summed E-state index contributed by atoms with van der Waals surface area (Å²) in [6, 6.07) is 15.4. The molecule has 2 N–H and O–H groups in total. The van der Waals surface area contributed by atoms with Crippen molar-refractivity contribution in [3.8, 4) is 0 Å². The van der Waals surface area contributed by atoms with E-state index in [1.807, 2.05) is 30.3 Å². The van der Waals surface area contributed by atoms with Crippen LogP contribution >= 0.6 is 0 Å². The zero-order chi connectivity index (χ0) is 20.4. The molecule has 148 valence electrons. The van der Waals surface area contributed by atoms with Crippen LogP contribution in [0.15, 0.2) is 54.6 Å². The van der Waals surface area contributed by atoms with E-state index in [0.717, 1.165) is 11.1 Å². The highest BCUT2D eigenvalue weighted by Gasteiger charge is 2.37. The third kappa shape index (κ3) is 3.87. The molecule has 0 spiro atoms. The van der Waals surface area contributed by atoms with E-state index in [1.165, 1.54) is 4.90 Å². The van der Waals surface area contributed by atoms with Crippen LogP contribution in [0.2, 0.25) is 0 Å². The number of anilines is 1. The smallest absolute Gasteiger partial charge is 0.289 e. The van der Waals surface area contributed by atoms with Gasteiger partial charge in [0, 0.05) is 25.6 Å². The van der Waals surface area contributed by atoms with Gasteiger partial charge in [-0.25, -0.2) is 4.39 Å². The number of hydrogen-bond donors (Lipinski definition) is 2. The third-order valence-electron chi connectivity index (χ3n) is 4.98. The van der Waals surface area contributed by atoms with Gasteiger partial charge >= 0.3 is 0 Å². The summed E-state index contributed by atoms with van der Waals surface area (Å²) in [7, 11) is 1.57. The average molecular weight is 393 g/mol. The minimum Gasteiger partial charge on any atom is -0.335 e. The molecule has 8 heteroatoms. The van der Waals surface area contributed by atoms with Crippen LogP contribution < -0.4 is 10.2 Å². The Morgan fingerprint density at radius 2 is 1.90 bits per heavy atom. The molecule has 2 heterocycles. The molecule has 2 amide bonds. The Morgan fingerprint density at radius 1 is 1.17 bits per heavy atom. The molecule has 3 aromatic rings.